The van der Waals surface area contributed by atoms with Gasteiger partial charge in [0.05, 0.1) is 6.61 Å². The molecule has 0 aromatic heterocycles. The number of nitrogens with one attached hydrogen (secondary N) is 2. The Bertz CT molecular complexity index is 570. The molecule has 4 nitrogen and oxygen atoms in total. The van der Waals surface area contributed by atoms with E-state index in [0.29, 0.717) is 5.92 Å². The summed E-state index contributed by atoms with van der Waals surface area (Å²) in [5.74, 6) is 0.817. The minimum Gasteiger partial charge on any atom is -0.364 e. The van der Waals surface area contributed by atoms with Crippen molar-refractivity contribution < 1.29 is 9.53 Å². The zero-order valence-electron chi connectivity index (χ0n) is 16.2. The number of carbonyl (C=O) groups excluding carboxylic acids is 1. The van der Waals surface area contributed by atoms with E-state index in [4.69, 9.17) is 4.74 Å². The molecular weight excluding hydrogens is 300 g/mol. The van der Waals surface area contributed by atoms with Crippen LogP contribution in [0, 0.1) is 16.7 Å². The molecule has 4 heteroatoms. The first-order chi connectivity index (χ1) is 10.9. The summed E-state index contributed by atoms with van der Waals surface area (Å²) in [7, 11) is 0. The largest absolute Gasteiger partial charge is 0.364 e. The van der Waals surface area contributed by atoms with Crippen molar-refractivity contribution in [1.82, 2.24) is 10.6 Å². The molecule has 4 fully saturated rings. The van der Waals surface area contributed by atoms with Crippen LogP contribution in [-0.2, 0) is 9.53 Å². The molecular formula is C20H34N2O2. The first-order valence-corrected chi connectivity index (χ1v) is 9.68. The van der Waals surface area contributed by atoms with Gasteiger partial charge in [0.15, 0.2) is 5.60 Å². The van der Waals surface area contributed by atoms with Crippen LogP contribution in [0.1, 0.15) is 73.6 Å². The van der Waals surface area contributed by atoms with Crippen molar-refractivity contribution in [1.29, 1.82) is 0 Å². The molecule has 2 aliphatic carbocycles. The smallest absolute Gasteiger partial charge is 0.253 e. The second-order valence-corrected chi connectivity index (χ2v) is 10.8. The summed E-state index contributed by atoms with van der Waals surface area (Å²) in [6.45, 7) is 14.3. The van der Waals surface area contributed by atoms with Crippen molar-refractivity contribution in [3.05, 3.63) is 0 Å². The van der Waals surface area contributed by atoms with Gasteiger partial charge in [-0.25, -0.2) is 0 Å². The van der Waals surface area contributed by atoms with Gasteiger partial charge in [-0.3, -0.25) is 4.79 Å². The number of ether oxygens (including phenoxy) is 1. The standard InChI is InChI=1S/C20H34N2O2/c1-16(2)10-14(11-17(3,4)22-16)21-15(23)20-9-13-7-8-19(20,6)18(13,5)12-24-20/h13-14,22H,7-12H2,1-6H3,(H,21,23)/t13-,18-,19-,20-/m1/s1. The van der Waals surface area contributed by atoms with Crippen LogP contribution in [0.4, 0.5) is 0 Å². The molecule has 136 valence electrons. The first-order valence-electron chi connectivity index (χ1n) is 9.68. The Kier molecular flexibility index (Phi) is 3.20. The normalized spacial score (nSPS) is 48.7. The highest BCUT2D eigenvalue weighted by Gasteiger charge is 2.78. The molecule has 0 unspecified atom stereocenters. The predicted molar refractivity (Wildman–Crippen MR) is 94.7 cm³/mol. The highest BCUT2D eigenvalue weighted by molar-refractivity contribution is 5.88. The predicted octanol–water partition coefficient (Wildman–Crippen LogP) is 3.01. The maximum absolute atomic E-state index is 13.4. The lowest BCUT2D eigenvalue weighted by Gasteiger charge is -2.48. The maximum Gasteiger partial charge on any atom is 0.253 e. The van der Waals surface area contributed by atoms with Gasteiger partial charge >= 0.3 is 0 Å². The zero-order chi connectivity index (χ0) is 17.6. The van der Waals surface area contributed by atoms with Crippen molar-refractivity contribution in [2.75, 3.05) is 6.61 Å². The summed E-state index contributed by atoms with van der Waals surface area (Å²) in [4.78, 5) is 13.4. The summed E-state index contributed by atoms with van der Waals surface area (Å²) < 4.78 is 6.26. The first kappa shape index (κ1) is 16.8. The van der Waals surface area contributed by atoms with Crippen LogP contribution in [0.25, 0.3) is 0 Å². The Morgan fingerprint density at radius 3 is 2.21 bits per heavy atom. The molecule has 24 heavy (non-hydrogen) atoms. The van der Waals surface area contributed by atoms with Gasteiger partial charge in [0, 0.05) is 27.9 Å². The van der Waals surface area contributed by atoms with Gasteiger partial charge in [-0.15, -0.1) is 0 Å². The fraction of sp³-hybridized carbons (Fsp3) is 0.950. The Hall–Kier alpha value is -0.610. The van der Waals surface area contributed by atoms with Gasteiger partial charge in [0.25, 0.3) is 5.91 Å². The lowest BCUT2D eigenvalue weighted by atomic mass is 9.66. The van der Waals surface area contributed by atoms with Gasteiger partial charge in [-0.05, 0) is 65.7 Å². The van der Waals surface area contributed by atoms with Crippen molar-refractivity contribution in [3.8, 4) is 0 Å². The molecule has 0 aromatic rings. The molecule has 2 aliphatic heterocycles. The molecule has 2 heterocycles. The third kappa shape index (κ3) is 1.96. The molecule has 4 bridgehead atoms. The second-order valence-electron chi connectivity index (χ2n) is 10.8. The van der Waals surface area contributed by atoms with E-state index in [2.05, 4.69) is 52.2 Å². The van der Waals surface area contributed by atoms with Crippen LogP contribution < -0.4 is 10.6 Å². The summed E-state index contributed by atoms with van der Waals surface area (Å²) in [5.41, 5.74) is -0.296. The lowest BCUT2D eigenvalue weighted by molar-refractivity contribution is -0.157. The number of amides is 1. The van der Waals surface area contributed by atoms with Crippen molar-refractivity contribution in [2.24, 2.45) is 16.7 Å². The molecule has 4 rings (SSSR count). The molecule has 2 N–H and O–H groups in total. The van der Waals surface area contributed by atoms with Crippen molar-refractivity contribution in [2.45, 2.75) is 96.4 Å². The number of hydrogen-bond donors (Lipinski definition) is 2. The molecule has 2 saturated heterocycles. The number of piperidine rings is 1. The average molecular weight is 335 g/mol. The second kappa shape index (κ2) is 4.56. The zero-order valence-corrected chi connectivity index (χ0v) is 16.2. The van der Waals surface area contributed by atoms with E-state index in [1.165, 1.54) is 6.42 Å². The molecule has 4 aliphatic rings. The lowest BCUT2D eigenvalue weighted by Crippen LogP contribution is -2.64. The van der Waals surface area contributed by atoms with E-state index < -0.39 is 5.60 Å². The minimum atomic E-state index is -0.580. The third-order valence-electron chi connectivity index (χ3n) is 8.09. The number of rotatable bonds is 2. The highest BCUT2D eigenvalue weighted by atomic mass is 16.5. The van der Waals surface area contributed by atoms with E-state index in [1.807, 2.05) is 0 Å². The van der Waals surface area contributed by atoms with Crippen LogP contribution in [0.5, 0.6) is 0 Å². The van der Waals surface area contributed by atoms with E-state index in [9.17, 15) is 4.79 Å². The highest BCUT2D eigenvalue weighted by Crippen LogP contribution is 2.75. The van der Waals surface area contributed by atoms with Gasteiger partial charge in [0.1, 0.15) is 0 Å². The Labute approximate surface area is 146 Å². The van der Waals surface area contributed by atoms with E-state index >= 15 is 0 Å². The third-order valence-corrected chi connectivity index (χ3v) is 8.09. The average Bonchev–Trinajstić information content (AvgIpc) is 2.87. The fourth-order valence-corrected chi connectivity index (χ4v) is 6.98. The topological polar surface area (TPSA) is 50.4 Å². The van der Waals surface area contributed by atoms with Crippen molar-refractivity contribution in [3.63, 3.8) is 0 Å². The summed E-state index contributed by atoms with van der Waals surface area (Å²) in [6, 6.07) is 0.219. The van der Waals surface area contributed by atoms with Gasteiger partial charge in [-0.1, -0.05) is 13.8 Å². The summed E-state index contributed by atoms with van der Waals surface area (Å²) >= 11 is 0. The van der Waals surface area contributed by atoms with Gasteiger partial charge < -0.3 is 15.4 Å². The SMILES string of the molecule is CC1(C)CC(NC(=O)[C@]23C[C@H]4CC[C@]2(C)[C@]4(C)CO3)CC(C)(C)N1. The molecule has 0 spiro atoms. The number of hydrogen-bond acceptors (Lipinski definition) is 3. The monoisotopic (exact) mass is 334 g/mol. The molecule has 0 radical (unpaired) electrons. The minimum absolute atomic E-state index is 0.00665. The van der Waals surface area contributed by atoms with Crippen LogP contribution >= 0.6 is 0 Å². The van der Waals surface area contributed by atoms with Crippen LogP contribution in [0.2, 0.25) is 0 Å². The fourth-order valence-electron chi connectivity index (χ4n) is 6.98. The number of carbonyl (C=O) groups is 1. The Morgan fingerprint density at radius 1 is 1.04 bits per heavy atom. The van der Waals surface area contributed by atoms with Crippen LogP contribution in [-0.4, -0.2) is 35.2 Å². The van der Waals surface area contributed by atoms with Crippen LogP contribution in [0.3, 0.4) is 0 Å². The molecule has 1 amide bonds. The van der Waals surface area contributed by atoms with Crippen LogP contribution in [0.15, 0.2) is 0 Å². The van der Waals surface area contributed by atoms with E-state index in [-0.39, 0.29) is 33.9 Å². The molecule has 0 aromatic carbocycles. The van der Waals surface area contributed by atoms with Crippen molar-refractivity contribution >= 4 is 5.91 Å². The summed E-state index contributed by atoms with van der Waals surface area (Å²) in [6.07, 6.45) is 5.25. The molecule has 2 saturated carbocycles. The van der Waals surface area contributed by atoms with Gasteiger partial charge in [-0.2, -0.15) is 0 Å². The van der Waals surface area contributed by atoms with E-state index in [0.717, 1.165) is 32.3 Å². The van der Waals surface area contributed by atoms with E-state index in [1.54, 1.807) is 0 Å². The van der Waals surface area contributed by atoms with Gasteiger partial charge in [0.2, 0.25) is 0 Å². The Morgan fingerprint density at radius 2 is 1.67 bits per heavy atom. The molecule has 4 atom stereocenters. The quantitative estimate of drug-likeness (QED) is 0.816. The Balaban J connectivity index is 1.56. The maximum atomic E-state index is 13.4. The summed E-state index contributed by atoms with van der Waals surface area (Å²) in [5, 5.41) is 7.11.